The maximum absolute atomic E-state index is 12.4. The molecule has 4 heteroatoms. The van der Waals surface area contributed by atoms with E-state index in [1.807, 2.05) is 32.9 Å². The first kappa shape index (κ1) is 18.6. The van der Waals surface area contributed by atoms with E-state index in [0.717, 1.165) is 44.1 Å². The highest BCUT2D eigenvalue weighted by molar-refractivity contribution is 9.10. The number of carboxylic acids is 1. The number of ketones is 1. The van der Waals surface area contributed by atoms with Crippen LogP contribution in [0.15, 0.2) is 24.3 Å². The van der Waals surface area contributed by atoms with Crippen molar-refractivity contribution in [3.05, 3.63) is 35.4 Å². The molecule has 0 aromatic heterocycles. The zero-order valence-corrected chi connectivity index (χ0v) is 16.9. The zero-order chi connectivity index (χ0) is 18.5. The minimum absolute atomic E-state index is 0.0104. The predicted molar refractivity (Wildman–Crippen MR) is 102 cm³/mol. The maximum atomic E-state index is 12.4. The number of alkyl halides is 1. The summed E-state index contributed by atoms with van der Waals surface area (Å²) in [4.78, 5) is 23.9. The lowest BCUT2D eigenvalue weighted by molar-refractivity contribution is -0.150. The molecule has 4 rings (SSSR count). The van der Waals surface area contributed by atoms with Gasteiger partial charge in [0.1, 0.15) is 0 Å². The third-order valence-electron chi connectivity index (χ3n) is 6.89. The van der Waals surface area contributed by atoms with E-state index < -0.39 is 10.3 Å². The van der Waals surface area contributed by atoms with Crippen LogP contribution < -0.4 is 0 Å². The summed E-state index contributed by atoms with van der Waals surface area (Å²) < 4.78 is -0.547. The van der Waals surface area contributed by atoms with E-state index in [1.165, 1.54) is 5.56 Å². The quantitative estimate of drug-likeness (QED) is 0.529. The number of rotatable bonds is 5. The van der Waals surface area contributed by atoms with Gasteiger partial charge in [-0.05, 0) is 68.8 Å². The van der Waals surface area contributed by atoms with Crippen molar-refractivity contribution >= 4 is 27.7 Å². The molecule has 0 spiro atoms. The minimum Gasteiger partial charge on any atom is -0.481 e. The molecule has 0 heterocycles. The first-order valence-corrected chi connectivity index (χ1v) is 9.96. The van der Waals surface area contributed by atoms with Gasteiger partial charge in [0, 0.05) is 5.56 Å². The summed E-state index contributed by atoms with van der Waals surface area (Å²) in [5.74, 6) is -0.820. The highest BCUT2D eigenvalue weighted by Gasteiger charge is 2.52. The molecule has 0 amide bonds. The third-order valence-corrected chi connectivity index (χ3v) is 7.25. The number of halogens is 1. The molecule has 1 aromatic rings. The van der Waals surface area contributed by atoms with Crippen molar-refractivity contribution in [3.63, 3.8) is 0 Å². The highest BCUT2D eigenvalue weighted by atomic mass is 79.9. The van der Waals surface area contributed by atoms with Crippen LogP contribution in [0.2, 0.25) is 0 Å². The number of hydrogen-bond acceptors (Lipinski definition) is 2. The molecule has 3 aliphatic carbocycles. The zero-order valence-electron chi connectivity index (χ0n) is 15.3. The van der Waals surface area contributed by atoms with Gasteiger partial charge in [-0.15, -0.1) is 0 Å². The van der Waals surface area contributed by atoms with Crippen molar-refractivity contribution in [1.82, 2.24) is 0 Å². The molecule has 3 nitrogen and oxygen atoms in total. The average molecular weight is 407 g/mol. The summed E-state index contributed by atoms with van der Waals surface area (Å²) in [5.41, 5.74) is 2.21. The fourth-order valence-electron chi connectivity index (χ4n) is 4.88. The molecule has 1 atom stereocenters. The summed E-state index contributed by atoms with van der Waals surface area (Å²) in [5, 5.41) is 9.44. The lowest BCUT2D eigenvalue weighted by Gasteiger charge is -2.55. The SMILES string of the molecule is CC(C(=O)O)C12CCC(c3ccc(C(=O)C(C)(C)Br)cc3)(CC1)CC2. The molecule has 25 heavy (non-hydrogen) atoms. The van der Waals surface area contributed by atoms with Gasteiger partial charge in [-0.3, -0.25) is 9.59 Å². The molecule has 1 N–H and O–H groups in total. The van der Waals surface area contributed by atoms with Gasteiger partial charge in [0.05, 0.1) is 10.2 Å². The van der Waals surface area contributed by atoms with E-state index in [9.17, 15) is 14.7 Å². The van der Waals surface area contributed by atoms with Gasteiger partial charge in [-0.25, -0.2) is 0 Å². The summed E-state index contributed by atoms with van der Waals surface area (Å²) in [6.45, 7) is 5.61. The van der Waals surface area contributed by atoms with Gasteiger partial charge in [0.2, 0.25) is 0 Å². The number of carboxylic acid groups (broad SMARTS) is 1. The van der Waals surface area contributed by atoms with Gasteiger partial charge in [0.25, 0.3) is 0 Å². The fraction of sp³-hybridized carbons (Fsp3) is 0.619. The summed E-state index contributed by atoms with van der Waals surface area (Å²) in [7, 11) is 0. The first-order valence-electron chi connectivity index (χ1n) is 9.17. The number of fused-ring (bicyclic) bond motifs is 3. The Hall–Kier alpha value is -1.16. The topological polar surface area (TPSA) is 54.4 Å². The molecule has 0 aliphatic heterocycles. The van der Waals surface area contributed by atoms with Crippen molar-refractivity contribution in [1.29, 1.82) is 0 Å². The van der Waals surface area contributed by atoms with Crippen LogP contribution in [0.4, 0.5) is 0 Å². The normalized spacial score (nSPS) is 30.1. The van der Waals surface area contributed by atoms with Crippen LogP contribution in [0.5, 0.6) is 0 Å². The van der Waals surface area contributed by atoms with E-state index in [2.05, 4.69) is 28.1 Å². The molecule has 0 saturated heterocycles. The van der Waals surface area contributed by atoms with Gasteiger partial charge >= 0.3 is 5.97 Å². The Bertz CT molecular complexity index is 660. The Morgan fingerprint density at radius 1 is 1.04 bits per heavy atom. The Kier molecular flexibility index (Phi) is 4.64. The number of carbonyl (C=O) groups excluding carboxylic acids is 1. The standard InChI is InChI=1S/C21H27BrO3/c1-14(18(24)25)20-8-11-21(12-9-20,13-10-20)16-6-4-15(5-7-16)17(23)19(2,3)22/h4-7,14H,8-13H2,1-3H3,(H,24,25). The second kappa shape index (κ2) is 6.22. The number of Topliss-reactive ketones (excluding diaryl/α,β-unsaturated/α-hetero) is 1. The summed E-state index contributed by atoms with van der Waals surface area (Å²) in [6, 6.07) is 8.13. The van der Waals surface area contributed by atoms with E-state index in [0.29, 0.717) is 0 Å². The third kappa shape index (κ3) is 3.18. The van der Waals surface area contributed by atoms with Gasteiger partial charge < -0.3 is 5.11 Å². The molecule has 3 aliphatic rings. The first-order chi connectivity index (χ1) is 11.6. The van der Waals surface area contributed by atoms with Crippen molar-refractivity contribution in [2.24, 2.45) is 11.3 Å². The van der Waals surface area contributed by atoms with Crippen LogP contribution in [0.25, 0.3) is 0 Å². The fourth-order valence-corrected chi connectivity index (χ4v) is 5.11. The molecule has 3 fully saturated rings. The molecule has 136 valence electrons. The summed E-state index contributed by atoms with van der Waals surface area (Å²) >= 11 is 3.44. The van der Waals surface area contributed by atoms with Crippen molar-refractivity contribution in [3.8, 4) is 0 Å². The number of benzene rings is 1. The van der Waals surface area contributed by atoms with E-state index in [-0.39, 0.29) is 22.5 Å². The van der Waals surface area contributed by atoms with Gasteiger partial charge in [0.15, 0.2) is 5.78 Å². The second-order valence-corrected chi connectivity index (χ2v) is 10.6. The number of carbonyl (C=O) groups is 2. The van der Waals surface area contributed by atoms with Crippen molar-refractivity contribution in [2.45, 2.75) is 69.0 Å². The predicted octanol–water partition coefficient (Wildman–Crippen LogP) is 5.36. The highest BCUT2D eigenvalue weighted by Crippen LogP contribution is 2.60. The monoisotopic (exact) mass is 406 g/mol. The van der Waals surface area contributed by atoms with E-state index >= 15 is 0 Å². The molecule has 1 aromatic carbocycles. The van der Waals surface area contributed by atoms with Gasteiger partial charge in [-0.2, -0.15) is 0 Å². The molecule has 3 saturated carbocycles. The van der Waals surface area contributed by atoms with Crippen molar-refractivity contribution < 1.29 is 14.7 Å². The number of aliphatic carboxylic acids is 1. The minimum atomic E-state index is -0.658. The lowest BCUT2D eigenvalue weighted by atomic mass is 9.49. The van der Waals surface area contributed by atoms with E-state index in [4.69, 9.17) is 0 Å². The van der Waals surface area contributed by atoms with Crippen LogP contribution in [0, 0.1) is 11.3 Å². The molecular weight excluding hydrogens is 380 g/mol. The Balaban J connectivity index is 1.79. The van der Waals surface area contributed by atoms with Crippen LogP contribution in [-0.4, -0.2) is 21.2 Å². The van der Waals surface area contributed by atoms with Crippen LogP contribution in [0.1, 0.15) is 75.2 Å². The smallest absolute Gasteiger partial charge is 0.306 e. The largest absolute Gasteiger partial charge is 0.481 e. The Labute approximate surface area is 158 Å². The van der Waals surface area contributed by atoms with Crippen LogP contribution >= 0.6 is 15.9 Å². The van der Waals surface area contributed by atoms with E-state index in [1.54, 1.807) is 0 Å². The van der Waals surface area contributed by atoms with Crippen LogP contribution in [-0.2, 0) is 10.2 Å². The van der Waals surface area contributed by atoms with Crippen molar-refractivity contribution in [2.75, 3.05) is 0 Å². The Morgan fingerprint density at radius 3 is 1.92 bits per heavy atom. The average Bonchev–Trinajstić information content (AvgIpc) is 2.61. The second-order valence-electron chi connectivity index (χ2n) is 8.58. The maximum Gasteiger partial charge on any atom is 0.306 e. The summed E-state index contributed by atoms with van der Waals surface area (Å²) in [6.07, 6.45) is 6.16. The Morgan fingerprint density at radius 2 is 1.52 bits per heavy atom. The number of hydrogen-bond donors (Lipinski definition) is 1. The van der Waals surface area contributed by atoms with Crippen LogP contribution in [0.3, 0.4) is 0 Å². The molecule has 2 bridgehead atoms. The van der Waals surface area contributed by atoms with Gasteiger partial charge in [-0.1, -0.05) is 47.1 Å². The molecular formula is C21H27BrO3. The molecule has 1 unspecified atom stereocenters. The lowest BCUT2D eigenvalue weighted by Crippen LogP contribution is -2.48. The molecule has 0 radical (unpaired) electrons.